The van der Waals surface area contributed by atoms with Crippen molar-refractivity contribution in [2.24, 2.45) is 0 Å². The van der Waals surface area contributed by atoms with Crippen molar-refractivity contribution in [1.82, 2.24) is 0 Å². The van der Waals surface area contributed by atoms with Crippen LogP contribution in [0.15, 0.2) is 66.7 Å². The first kappa shape index (κ1) is 20.5. The lowest BCUT2D eigenvalue weighted by atomic mass is 10.0. The van der Waals surface area contributed by atoms with Gasteiger partial charge in [-0.1, -0.05) is 62.4 Å². The average Bonchev–Trinajstić information content (AvgIpc) is 2.73. The molecule has 0 saturated heterocycles. The van der Waals surface area contributed by atoms with Crippen molar-refractivity contribution in [1.29, 1.82) is 0 Å². The number of hydrogen-bond acceptors (Lipinski definition) is 3. The molecule has 3 rings (SSSR count). The third-order valence-corrected chi connectivity index (χ3v) is 4.75. The van der Waals surface area contributed by atoms with Gasteiger partial charge in [0.15, 0.2) is 0 Å². The maximum atomic E-state index is 11.8. The molecule has 1 N–H and O–H groups in total. The summed E-state index contributed by atoms with van der Waals surface area (Å²) in [4.78, 5) is 11.8. The Balaban J connectivity index is 1.84. The summed E-state index contributed by atoms with van der Waals surface area (Å²) in [5.74, 6) is 0.523. The van der Waals surface area contributed by atoms with Crippen LogP contribution >= 0.6 is 0 Å². The highest BCUT2D eigenvalue weighted by molar-refractivity contribution is 5.93. The van der Waals surface area contributed by atoms with Crippen molar-refractivity contribution in [2.75, 3.05) is 6.61 Å². The summed E-state index contributed by atoms with van der Waals surface area (Å²) in [6.07, 6.45) is 0. The van der Waals surface area contributed by atoms with Crippen LogP contribution in [0, 0.1) is 0 Å². The minimum atomic E-state index is -1.02. The molecular formula is C25H26O4. The first-order valence-corrected chi connectivity index (χ1v) is 9.80. The van der Waals surface area contributed by atoms with Crippen molar-refractivity contribution in [3.05, 3.63) is 83.4 Å². The van der Waals surface area contributed by atoms with E-state index < -0.39 is 5.97 Å². The Kier molecular flexibility index (Phi) is 6.55. The van der Waals surface area contributed by atoms with Gasteiger partial charge in [-0.25, -0.2) is 4.79 Å². The Morgan fingerprint density at radius 2 is 1.66 bits per heavy atom. The predicted octanol–water partition coefficient (Wildman–Crippen LogP) is 6.15. The molecule has 0 spiro atoms. The first-order valence-electron chi connectivity index (χ1n) is 9.80. The van der Waals surface area contributed by atoms with Gasteiger partial charge in [-0.2, -0.15) is 0 Å². The van der Waals surface area contributed by atoms with Crippen LogP contribution in [-0.2, 0) is 6.61 Å². The second-order valence-electron chi connectivity index (χ2n) is 7.13. The molecule has 4 heteroatoms. The number of carbonyl (C=O) groups is 1. The molecule has 0 amide bonds. The molecule has 0 aliphatic heterocycles. The topological polar surface area (TPSA) is 55.8 Å². The van der Waals surface area contributed by atoms with E-state index in [-0.39, 0.29) is 5.56 Å². The molecule has 4 nitrogen and oxygen atoms in total. The number of carboxylic acids is 1. The fourth-order valence-electron chi connectivity index (χ4n) is 3.14. The van der Waals surface area contributed by atoms with E-state index in [4.69, 9.17) is 9.47 Å². The number of para-hydroxylation sites is 1. The van der Waals surface area contributed by atoms with Gasteiger partial charge in [0.2, 0.25) is 0 Å². The lowest BCUT2D eigenvalue weighted by Crippen LogP contribution is -2.04. The second-order valence-corrected chi connectivity index (χ2v) is 7.13. The Morgan fingerprint density at radius 3 is 2.31 bits per heavy atom. The van der Waals surface area contributed by atoms with E-state index in [2.05, 4.69) is 26.0 Å². The van der Waals surface area contributed by atoms with Crippen LogP contribution < -0.4 is 9.47 Å². The van der Waals surface area contributed by atoms with Crippen molar-refractivity contribution in [2.45, 2.75) is 33.3 Å². The van der Waals surface area contributed by atoms with Gasteiger partial charge in [-0.3, -0.25) is 0 Å². The number of aromatic carboxylic acids is 1. The molecule has 0 aromatic heterocycles. The van der Waals surface area contributed by atoms with Gasteiger partial charge >= 0.3 is 5.97 Å². The molecule has 0 saturated carbocycles. The van der Waals surface area contributed by atoms with Gasteiger partial charge in [0.25, 0.3) is 0 Å². The molecule has 0 radical (unpaired) electrons. The quantitative estimate of drug-likeness (QED) is 0.501. The second kappa shape index (κ2) is 9.28. The summed E-state index contributed by atoms with van der Waals surface area (Å²) in [5.41, 5.74) is 4.02. The fraction of sp³-hybridized carbons (Fsp3) is 0.240. The van der Waals surface area contributed by atoms with E-state index in [1.165, 1.54) is 5.56 Å². The zero-order valence-electron chi connectivity index (χ0n) is 17.0. The molecule has 0 fully saturated rings. The maximum absolute atomic E-state index is 11.8. The van der Waals surface area contributed by atoms with Crippen molar-refractivity contribution >= 4 is 5.97 Å². The van der Waals surface area contributed by atoms with E-state index in [1.54, 1.807) is 12.1 Å². The van der Waals surface area contributed by atoms with Crippen LogP contribution in [0.4, 0.5) is 0 Å². The number of rotatable bonds is 8. The minimum absolute atomic E-state index is 0.132. The van der Waals surface area contributed by atoms with E-state index in [0.29, 0.717) is 24.9 Å². The summed E-state index contributed by atoms with van der Waals surface area (Å²) < 4.78 is 11.5. The fourth-order valence-corrected chi connectivity index (χ4v) is 3.14. The van der Waals surface area contributed by atoms with Crippen LogP contribution in [0.2, 0.25) is 0 Å². The molecule has 0 heterocycles. The zero-order chi connectivity index (χ0) is 20.8. The smallest absolute Gasteiger partial charge is 0.339 e. The summed E-state index contributed by atoms with van der Waals surface area (Å²) in [5, 5.41) is 9.69. The Labute approximate surface area is 171 Å². The highest BCUT2D eigenvalue weighted by Gasteiger charge is 2.15. The highest BCUT2D eigenvalue weighted by Crippen LogP contribution is 2.33. The largest absolute Gasteiger partial charge is 0.493 e. The molecule has 0 unspecified atom stereocenters. The van der Waals surface area contributed by atoms with Gasteiger partial charge in [0.1, 0.15) is 23.7 Å². The summed E-state index contributed by atoms with van der Waals surface area (Å²) in [7, 11) is 0. The first-order chi connectivity index (χ1) is 14.0. The maximum Gasteiger partial charge on any atom is 0.339 e. The molecule has 0 bridgehead atoms. The molecule has 0 aliphatic carbocycles. The normalized spacial score (nSPS) is 10.8. The van der Waals surface area contributed by atoms with Crippen molar-refractivity contribution in [3.8, 4) is 22.6 Å². The Morgan fingerprint density at radius 1 is 0.931 bits per heavy atom. The lowest BCUT2D eigenvalue weighted by Gasteiger charge is -2.14. The number of benzene rings is 3. The molecule has 150 valence electrons. The molecule has 0 atom stereocenters. The number of ether oxygens (including phenoxy) is 2. The van der Waals surface area contributed by atoms with Gasteiger partial charge in [0, 0.05) is 5.56 Å². The average molecular weight is 390 g/mol. The van der Waals surface area contributed by atoms with E-state index in [1.807, 2.05) is 49.4 Å². The van der Waals surface area contributed by atoms with Gasteiger partial charge < -0.3 is 14.6 Å². The standard InChI is InChI=1S/C25H26O4/c1-4-28-23-8-6-5-7-21(23)20-13-14-24(22(15-20)25(26)27)29-16-18-9-11-19(12-10-18)17(2)3/h5-15,17H,4,16H2,1-3H3,(H,26,27). The third-order valence-electron chi connectivity index (χ3n) is 4.75. The summed E-state index contributed by atoms with van der Waals surface area (Å²) in [6, 6.07) is 21.0. The summed E-state index contributed by atoms with van der Waals surface area (Å²) in [6.45, 7) is 7.07. The van der Waals surface area contributed by atoms with Crippen molar-refractivity contribution < 1.29 is 19.4 Å². The number of hydrogen-bond donors (Lipinski definition) is 1. The molecular weight excluding hydrogens is 364 g/mol. The minimum Gasteiger partial charge on any atom is -0.493 e. The predicted molar refractivity (Wildman–Crippen MR) is 115 cm³/mol. The third kappa shape index (κ3) is 4.96. The van der Waals surface area contributed by atoms with Gasteiger partial charge in [-0.05, 0) is 47.7 Å². The number of carboxylic acid groups (broad SMARTS) is 1. The lowest BCUT2D eigenvalue weighted by molar-refractivity contribution is 0.0692. The van der Waals surface area contributed by atoms with E-state index in [0.717, 1.165) is 22.4 Å². The Hall–Kier alpha value is -3.27. The molecule has 3 aromatic carbocycles. The van der Waals surface area contributed by atoms with Gasteiger partial charge in [-0.15, -0.1) is 0 Å². The van der Waals surface area contributed by atoms with Crippen LogP contribution in [0.3, 0.4) is 0 Å². The van der Waals surface area contributed by atoms with Crippen LogP contribution in [-0.4, -0.2) is 17.7 Å². The molecule has 0 aliphatic rings. The molecule has 29 heavy (non-hydrogen) atoms. The zero-order valence-corrected chi connectivity index (χ0v) is 17.0. The van der Waals surface area contributed by atoms with Crippen LogP contribution in [0.1, 0.15) is 48.2 Å². The monoisotopic (exact) mass is 390 g/mol. The highest BCUT2D eigenvalue weighted by atomic mass is 16.5. The van der Waals surface area contributed by atoms with E-state index >= 15 is 0 Å². The molecule has 3 aromatic rings. The van der Waals surface area contributed by atoms with Crippen molar-refractivity contribution in [3.63, 3.8) is 0 Å². The Bertz CT molecular complexity index is 974. The van der Waals surface area contributed by atoms with Gasteiger partial charge in [0.05, 0.1) is 6.61 Å². The van der Waals surface area contributed by atoms with E-state index in [9.17, 15) is 9.90 Å². The summed E-state index contributed by atoms with van der Waals surface area (Å²) >= 11 is 0. The SMILES string of the molecule is CCOc1ccccc1-c1ccc(OCc2ccc(C(C)C)cc2)c(C(=O)O)c1. The van der Waals surface area contributed by atoms with Crippen LogP contribution in [0.25, 0.3) is 11.1 Å². The van der Waals surface area contributed by atoms with Crippen LogP contribution in [0.5, 0.6) is 11.5 Å².